The van der Waals surface area contributed by atoms with Crippen molar-refractivity contribution in [1.82, 2.24) is 19.8 Å². The second-order valence-corrected chi connectivity index (χ2v) is 10.7. The molecule has 43 heavy (non-hydrogen) atoms. The average Bonchev–Trinajstić information content (AvgIpc) is 3.35. The first kappa shape index (κ1) is 31.6. The predicted molar refractivity (Wildman–Crippen MR) is 157 cm³/mol. The van der Waals surface area contributed by atoms with Gasteiger partial charge >= 0.3 is 17.8 Å². The number of aromatic nitrogens is 2. The number of nitrogens with one attached hydrogen (secondary N) is 2. The lowest BCUT2D eigenvalue weighted by Gasteiger charge is -2.30. The summed E-state index contributed by atoms with van der Waals surface area (Å²) in [5.41, 5.74) is 1.22. The molecule has 1 saturated heterocycles. The monoisotopic (exact) mass is 594 g/mol. The third kappa shape index (κ3) is 9.33. The number of terminal acetylenes is 1. The molecule has 0 radical (unpaired) electrons. The lowest BCUT2D eigenvalue weighted by Crippen LogP contribution is -2.44. The fraction of sp³-hybridized carbons (Fsp3) is 0.484. The van der Waals surface area contributed by atoms with E-state index in [1.54, 1.807) is 6.92 Å². The zero-order chi connectivity index (χ0) is 30.8. The number of rotatable bonds is 12. The molecule has 0 saturated carbocycles. The van der Waals surface area contributed by atoms with Gasteiger partial charge in [0.25, 0.3) is 5.56 Å². The number of carbonyl (C=O) groups excluding carboxylic acids is 2. The van der Waals surface area contributed by atoms with Gasteiger partial charge in [0.15, 0.2) is 18.1 Å². The van der Waals surface area contributed by atoms with Gasteiger partial charge in [-0.15, -0.1) is 6.42 Å². The van der Waals surface area contributed by atoms with Crippen LogP contribution in [0.25, 0.3) is 0 Å². The summed E-state index contributed by atoms with van der Waals surface area (Å²) < 4.78 is 23.0. The smallest absolute Gasteiger partial charge is 0.490 e. The summed E-state index contributed by atoms with van der Waals surface area (Å²) in [5, 5.41) is 3.56. The van der Waals surface area contributed by atoms with Crippen molar-refractivity contribution in [3.8, 4) is 12.3 Å². The summed E-state index contributed by atoms with van der Waals surface area (Å²) in [5.74, 6) is 1.85. The van der Waals surface area contributed by atoms with E-state index in [2.05, 4.69) is 21.1 Å². The number of aryl methyl sites for hydroxylation is 1. The molecule has 2 N–H and O–H groups in total. The summed E-state index contributed by atoms with van der Waals surface area (Å²) in [6.07, 6.45) is 9.47. The number of ether oxygens (including phenoxy) is 4. The van der Waals surface area contributed by atoms with Gasteiger partial charge in [-0.2, -0.15) is 0 Å². The minimum atomic E-state index is -0.886. The number of aromatic amines is 1. The minimum Gasteiger partial charge on any atom is -0.490 e. The van der Waals surface area contributed by atoms with Crippen molar-refractivity contribution in [3.05, 3.63) is 79.5 Å². The fourth-order valence-electron chi connectivity index (χ4n) is 5.13. The fourth-order valence-corrected chi connectivity index (χ4v) is 5.13. The highest BCUT2D eigenvalue weighted by Crippen LogP contribution is 2.28. The topological polar surface area (TPSA) is 141 Å². The van der Waals surface area contributed by atoms with Crippen LogP contribution in [0.15, 0.2) is 51.6 Å². The third-order valence-electron chi connectivity index (χ3n) is 7.33. The van der Waals surface area contributed by atoms with Crippen molar-refractivity contribution in [2.24, 2.45) is 5.92 Å². The van der Waals surface area contributed by atoms with E-state index in [0.29, 0.717) is 24.7 Å². The summed E-state index contributed by atoms with van der Waals surface area (Å²) in [6, 6.07) is 8.19. The Morgan fingerprint density at radius 3 is 2.67 bits per heavy atom. The van der Waals surface area contributed by atoms with E-state index in [9.17, 15) is 19.2 Å². The first-order valence-electron chi connectivity index (χ1n) is 14.4. The highest BCUT2D eigenvalue weighted by molar-refractivity contribution is 5.67. The number of H-pyrrole nitrogens is 1. The number of benzene rings is 1. The van der Waals surface area contributed by atoms with Crippen LogP contribution in [0.4, 0.5) is 4.79 Å². The van der Waals surface area contributed by atoms with Crippen molar-refractivity contribution in [2.45, 2.75) is 52.2 Å². The molecule has 12 heteroatoms. The third-order valence-corrected chi connectivity index (χ3v) is 7.33. The van der Waals surface area contributed by atoms with Crippen LogP contribution in [0.5, 0.6) is 0 Å². The number of carbonyl (C=O) groups is 2. The summed E-state index contributed by atoms with van der Waals surface area (Å²) in [7, 11) is 0. The van der Waals surface area contributed by atoms with Crippen LogP contribution in [-0.4, -0.2) is 72.1 Å². The standard InChI is InChI=1S/C31H38N4O8/c1-4-23-8-10-24(11-9-23)16-34(18-26-7-5-6-12-32-26)13-14-40-31(39)42-20-27-28(43-22(3)36)25(19-41-27)17-35-15-21(2)29(37)33-30(35)38/h1,8-11,15,25-26,32H,5-7,12-14,16-20H2,2-3H3,(H,33,37,38). The maximum Gasteiger partial charge on any atom is 0.508 e. The van der Waals surface area contributed by atoms with Gasteiger partial charge in [-0.1, -0.05) is 24.5 Å². The molecule has 2 aliphatic heterocycles. The SMILES string of the molecule is C#Cc1ccc(CN(CCOC(=O)OCC2=C(OC(C)=O)C(Cn3cc(C)c(=O)[nH]c3=O)CO2)CC2CCCCN2)cc1. The quantitative estimate of drug-likeness (QED) is 0.277. The van der Waals surface area contributed by atoms with E-state index in [1.165, 1.54) is 30.5 Å². The molecule has 230 valence electrons. The first-order chi connectivity index (χ1) is 20.7. The molecule has 0 spiro atoms. The van der Waals surface area contributed by atoms with Crippen molar-refractivity contribution in [2.75, 3.05) is 39.5 Å². The van der Waals surface area contributed by atoms with Gasteiger partial charge in [-0.05, 0) is 44.0 Å². The normalized spacial score (nSPS) is 18.2. The van der Waals surface area contributed by atoms with Gasteiger partial charge in [0.1, 0.15) is 6.61 Å². The molecule has 1 aromatic carbocycles. The van der Waals surface area contributed by atoms with Gasteiger partial charge in [0.2, 0.25) is 0 Å². The zero-order valence-corrected chi connectivity index (χ0v) is 24.6. The molecule has 2 aliphatic rings. The van der Waals surface area contributed by atoms with Gasteiger partial charge in [0, 0.05) is 56.5 Å². The molecule has 1 aromatic heterocycles. The number of piperidine rings is 1. The van der Waals surface area contributed by atoms with Crippen molar-refractivity contribution < 1.29 is 28.5 Å². The number of hydrogen-bond donors (Lipinski definition) is 2. The zero-order valence-electron chi connectivity index (χ0n) is 24.6. The lowest BCUT2D eigenvalue weighted by molar-refractivity contribution is -0.137. The summed E-state index contributed by atoms with van der Waals surface area (Å²) >= 11 is 0. The Morgan fingerprint density at radius 2 is 1.98 bits per heavy atom. The van der Waals surface area contributed by atoms with Crippen LogP contribution in [0, 0.1) is 25.2 Å². The van der Waals surface area contributed by atoms with Gasteiger partial charge in [-0.25, -0.2) is 9.59 Å². The van der Waals surface area contributed by atoms with Crippen molar-refractivity contribution in [3.63, 3.8) is 0 Å². The molecule has 3 heterocycles. The summed E-state index contributed by atoms with van der Waals surface area (Å²) in [6.45, 7) is 5.77. The van der Waals surface area contributed by atoms with Crippen LogP contribution in [0.2, 0.25) is 0 Å². The van der Waals surface area contributed by atoms with Crippen molar-refractivity contribution in [1.29, 1.82) is 0 Å². The van der Waals surface area contributed by atoms with E-state index < -0.39 is 29.3 Å². The van der Waals surface area contributed by atoms with Crippen LogP contribution in [-0.2, 0) is 36.8 Å². The summed E-state index contributed by atoms with van der Waals surface area (Å²) in [4.78, 5) is 52.6. The maximum absolute atomic E-state index is 12.5. The minimum absolute atomic E-state index is 0.0875. The molecule has 1 fully saturated rings. The molecule has 0 bridgehead atoms. The molecule has 2 atom stereocenters. The molecule has 0 amide bonds. The average molecular weight is 595 g/mol. The number of hydrogen-bond acceptors (Lipinski definition) is 10. The second-order valence-electron chi connectivity index (χ2n) is 10.7. The molecular formula is C31H38N4O8. The Hall–Kier alpha value is -4.34. The molecular weight excluding hydrogens is 556 g/mol. The van der Waals surface area contributed by atoms with Crippen LogP contribution in [0.1, 0.15) is 42.9 Å². The van der Waals surface area contributed by atoms with Crippen LogP contribution in [0.3, 0.4) is 0 Å². The number of esters is 1. The van der Waals surface area contributed by atoms with E-state index >= 15 is 0 Å². The lowest BCUT2D eigenvalue weighted by atomic mass is 10.0. The second kappa shape index (κ2) is 15.2. The van der Waals surface area contributed by atoms with Crippen LogP contribution < -0.4 is 16.6 Å². The van der Waals surface area contributed by atoms with E-state index in [1.807, 2.05) is 24.3 Å². The molecule has 12 nitrogen and oxygen atoms in total. The molecule has 4 rings (SSSR count). The molecule has 0 aliphatic carbocycles. The molecule has 2 aromatic rings. The Balaban J connectivity index is 1.32. The highest BCUT2D eigenvalue weighted by Gasteiger charge is 2.32. The Kier molecular flexibility index (Phi) is 11.2. The largest absolute Gasteiger partial charge is 0.508 e. The van der Waals surface area contributed by atoms with Gasteiger partial charge < -0.3 is 24.3 Å². The van der Waals surface area contributed by atoms with Gasteiger partial charge in [-0.3, -0.25) is 24.0 Å². The number of nitrogens with zero attached hydrogens (tertiary/aromatic N) is 2. The predicted octanol–water partition coefficient (Wildman–Crippen LogP) is 2.04. The van der Waals surface area contributed by atoms with E-state index in [-0.39, 0.29) is 37.9 Å². The Labute approximate surface area is 250 Å². The first-order valence-corrected chi connectivity index (χ1v) is 14.4. The highest BCUT2D eigenvalue weighted by atomic mass is 16.7. The van der Waals surface area contributed by atoms with E-state index in [4.69, 9.17) is 25.4 Å². The van der Waals surface area contributed by atoms with E-state index in [0.717, 1.165) is 30.6 Å². The Morgan fingerprint density at radius 1 is 1.19 bits per heavy atom. The Bertz CT molecular complexity index is 1460. The van der Waals surface area contributed by atoms with Gasteiger partial charge in [0.05, 0.1) is 12.5 Å². The molecule has 2 unspecified atom stereocenters. The maximum atomic E-state index is 12.5. The van der Waals surface area contributed by atoms with Crippen LogP contribution >= 0.6 is 0 Å². The van der Waals surface area contributed by atoms with Crippen molar-refractivity contribution >= 4 is 12.1 Å².